The molecule has 0 aromatic heterocycles. The number of Topliss-reactive ketones (excluding diaryl/α,β-unsaturated/α-hetero) is 1. The highest BCUT2D eigenvalue weighted by Crippen LogP contribution is 2.43. The first-order valence-electron chi connectivity index (χ1n) is 4.69. The quantitative estimate of drug-likeness (QED) is 0.756. The van der Waals surface area contributed by atoms with Gasteiger partial charge in [-0.1, -0.05) is 11.6 Å². The summed E-state index contributed by atoms with van der Waals surface area (Å²) in [7, 11) is 0. The second-order valence-electron chi connectivity index (χ2n) is 3.24. The summed E-state index contributed by atoms with van der Waals surface area (Å²) in [6, 6.07) is 1.32. The number of carbonyl (C=O) groups excluding carboxylic acids is 1. The number of aromatic hydroxyl groups is 1. The molecule has 0 spiro atoms. The highest BCUT2D eigenvalue weighted by atomic mass is 35.5. The van der Waals surface area contributed by atoms with Gasteiger partial charge in [-0.05, 0) is 0 Å². The number of phenolic OH excluding ortho intramolecular Hbond substituents is 1. The molecule has 2 rings (SSSR count). The molecular formula is C10H10ClNO4. The molecular weight excluding hydrogens is 234 g/mol. The van der Waals surface area contributed by atoms with E-state index in [1.807, 2.05) is 0 Å². The van der Waals surface area contributed by atoms with Crippen molar-refractivity contribution in [1.29, 1.82) is 0 Å². The fourth-order valence-electron chi connectivity index (χ4n) is 1.50. The maximum Gasteiger partial charge on any atom is 0.181 e. The SMILES string of the molecule is NCC(=O)c1c(Cl)c(O)cc2c1OCCO2. The van der Waals surface area contributed by atoms with E-state index in [1.165, 1.54) is 6.07 Å². The molecule has 16 heavy (non-hydrogen) atoms. The fourth-order valence-corrected chi connectivity index (χ4v) is 1.75. The molecule has 0 saturated carbocycles. The summed E-state index contributed by atoms with van der Waals surface area (Å²) in [5.74, 6) is -0.0557. The molecule has 0 unspecified atom stereocenters. The first kappa shape index (κ1) is 11.0. The number of benzene rings is 1. The van der Waals surface area contributed by atoms with Crippen molar-refractivity contribution in [2.75, 3.05) is 19.8 Å². The Kier molecular flexibility index (Phi) is 2.89. The van der Waals surface area contributed by atoms with Crippen LogP contribution in [-0.4, -0.2) is 30.6 Å². The highest BCUT2D eigenvalue weighted by Gasteiger charge is 2.25. The predicted octanol–water partition coefficient (Wildman–Crippen LogP) is 0.958. The second kappa shape index (κ2) is 4.19. The number of ketones is 1. The van der Waals surface area contributed by atoms with E-state index >= 15 is 0 Å². The van der Waals surface area contributed by atoms with Crippen molar-refractivity contribution in [3.05, 3.63) is 16.7 Å². The van der Waals surface area contributed by atoms with E-state index in [0.717, 1.165) is 0 Å². The number of hydrogen-bond acceptors (Lipinski definition) is 5. The average molecular weight is 244 g/mol. The molecule has 0 atom stereocenters. The van der Waals surface area contributed by atoms with Crippen molar-refractivity contribution in [2.24, 2.45) is 5.73 Å². The summed E-state index contributed by atoms with van der Waals surface area (Å²) in [6.45, 7) is 0.488. The molecule has 0 bridgehead atoms. The van der Waals surface area contributed by atoms with Crippen LogP contribution >= 0.6 is 11.6 Å². The van der Waals surface area contributed by atoms with E-state index in [4.69, 9.17) is 26.8 Å². The molecule has 1 aromatic rings. The van der Waals surface area contributed by atoms with Crippen LogP contribution in [0.15, 0.2) is 6.07 Å². The topological polar surface area (TPSA) is 81.8 Å². The Balaban J connectivity index is 2.63. The van der Waals surface area contributed by atoms with Crippen molar-refractivity contribution in [3.8, 4) is 17.2 Å². The Morgan fingerprint density at radius 2 is 2.19 bits per heavy atom. The number of phenols is 1. The predicted molar refractivity (Wildman–Crippen MR) is 57.5 cm³/mol. The Morgan fingerprint density at radius 3 is 2.88 bits per heavy atom. The van der Waals surface area contributed by atoms with Gasteiger partial charge in [-0.25, -0.2) is 0 Å². The lowest BCUT2D eigenvalue weighted by Gasteiger charge is -2.21. The van der Waals surface area contributed by atoms with Crippen LogP contribution in [0.2, 0.25) is 5.02 Å². The monoisotopic (exact) mass is 243 g/mol. The third kappa shape index (κ3) is 1.68. The molecule has 0 amide bonds. The molecule has 86 valence electrons. The maximum atomic E-state index is 11.6. The molecule has 6 heteroatoms. The first-order valence-corrected chi connectivity index (χ1v) is 5.07. The molecule has 0 fully saturated rings. The van der Waals surface area contributed by atoms with Crippen molar-refractivity contribution >= 4 is 17.4 Å². The molecule has 1 heterocycles. The Hall–Kier alpha value is -1.46. The largest absolute Gasteiger partial charge is 0.506 e. The lowest BCUT2D eigenvalue weighted by atomic mass is 10.1. The van der Waals surface area contributed by atoms with Crippen LogP contribution in [0.3, 0.4) is 0 Å². The minimum Gasteiger partial charge on any atom is -0.506 e. The van der Waals surface area contributed by atoms with Gasteiger partial charge in [0.2, 0.25) is 0 Å². The van der Waals surface area contributed by atoms with Crippen LogP contribution in [0.4, 0.5) is 0 Å². The minimum atomic E-state index is -0.400. The number of rotatable bonds is 2. The smallest absolute Gasteiger partial charge is 0.181 e. The zero-order valence-electron chi connectivity index (χ0n) is 8.33. The minimum absolute atomic E-state index is 0.0558. The highest BCUT2D eigenvalue weighted by molar-refractivity contribution is 6.36. The van der Waals surface area contributed by atoms with E-state index in [1.54, 1.807) is 0 Å². The second-order valence-corrected chi connectivity index (χ2v) is 3.61. The zero-order chi connectivity index (χ0) is 11.7. The molecule has 0 aliphatic carbocycles. The van der Waals surface area contributed by atoms with Gasteiger partial charge in [0.1, 0.15) is 19.0 Å². The van der Waals surface area contributed by atoms with Crippen molar-refractivity contribution in [1.82, 2.24) is 0 Å². The van der Waals surface area contributed by atoms with E-state index in [2.05, 4.69) is 0 Å². The third-order valence-corrected chi connectivity index (χ3v) is 2.60. The molecule has 3 N–H and O–H groups in total. The number of nitrogens with two attached hydrogens (primary N) is 1. The van der Waals surface area contributed by atoms with E-state index < -0.39 is 5.78 Å². The Morgan fingerprint density at radius 1 is 1.50 bits per heavy atom. The van der Waals surface area contributed by atoms with Crippen LogP contribution in [0.1, 0.15) is 10.4 Å². The Labute approximate surface area is 96.7 Å². The maximum absolute atomic E-state index is 11.6. The zero-order valence-corrected chi connectivity index (χ0v) is 9.08. The van der Waals surface area contributed by atoms with Crippen LogP contribution in [0.5, 0.6) is 17.2 Å². The normalized spacial score (nSPS) is 13.6. The first-order chi connectivity index (χ1) is 7.65. The van der Waals surface area contributed by atoms with Gasteiger partial charge in [0, 0.05) is 6.07 Å². The van der Waals surface area contributed by atoms with Gasteiger partial charge < -0.3 is 20.3 Å². The average Bonchev–Trinajstić information content (AvgIpc) is 2.30. The Bertz CT molecular complexity index is 447. The van der Waals surface area contributed by atoms with E-state index in [9.17, 15) is 9.90 Å². The molecule has 1 aromatic carbocycles. The van der Waals surface area contributed by atoms with Crippen molar-refractivity contribution < 1.29 is 19.4 Å². The summed E-state index contributed by atoms with van der Waals surface area (Å²) < 4.78 is 10.6. The summed E-state index contributed by atoms with van der Waals surface area (Å²) in [4.78, 5) is 11.6. The number of fused-ring (bicyclic) bond motifs is 1. The summed E-state index contributed by atoms with van der Waals surface area (Å²) in [5, 5.41) is 9.48. The molecule has 1 aliphatic heterocycles. The molecule has 1 aliphatic rings. The van der Waals surface area contributed by atoms with Gasteiger partial charge in [0.15, 0.2) is 17.3 Å². The molecule has 0 saturated heterocycles. The molecule has 5 nitrogen and oxygen atoms in total. The van der Waals surface area contributed by atoms with Gasteiger partial charge in [0.25, 0.3) is 0 Å². The fraction of sp³-hybridized carbons (Fsp3) is 0.300. The summed E-state index contributed by atoms with van der Waals surface area (Å²) >= 11 is 5.84. The number of carbonyl (C=O) groups is 1. The van der Waals surface area contributed by atoms with Gasteiger partial charge in [0.05, 0.1) is 17.1 Å². The van der Waals surface area contributed by atoms with Crippen LogP contribution in [0.25, 0.3) is 0 Å². The third-order valence-electron chi connectivity index (χ3n) is 2.21. The van der Waals surface area contributed by atoms with Gasteiger partial charge in [-0.3, -0.25) is 4.79 Å². The number of hydrogen-bond donors (Lipinski definition) is 2. The van der Waals surface area contributed by atoms with Gasteiger partial charge >= 0.3 is 0 Å². The summed E-state index contributed by atoms with van der Waals surface area (Å²) in [6.07, 6.45) is 0. The van der Waals surface area contributed by atoms with Crippen LogP contribution in [0, 0.1) is 0 Å². The van der Waals surface area contributed by atoms with Gasteiger partial charge in [-0.2, -0.15) is 0 Å². The number of ether oxygens (including phenoxy) is 2. The van der Waals surface area contributed by atoms with Gasteiger partial charge in [-0.15, -0.1) is 0 Å². The van der Waals surface area contributed by atoms with Crippen molar-refractivity contribution in [2.45, 2.75) is 0 Å². The number of halogens is 1. The van der Waals surface area contributed by atoms with Crippen LogP contribution < -0.4 is 15.2 Å². The van der Waals surface area contributed by atoms with Crippen molar-refractivity contribution in [3.63, 3.8) is 0 Å². The lowest BCUT2D eigenvalue weighted by molar-refractivity contribution is 0.0989. The van der Waals surface area contributed by atoms with E-state index in [0.29, 0.717) is 19.0 Å². The standard InChI is InChI=1S/C10H10ClNO4/c11-9-5(13)3-7-10(16-2-1-15-7)8(9)6(14)4-12/h3,13H,1-2,4,12H2. The lowest BCUT2D eigenvalue weighted by Crippen LogP contribution is -2.21. The van der Waals surface area contributed by atoms with Crippen LogP contribution in [-0.2, 0) is 0 Å². The van der Waals surface area contributed by atoms with E-state index in [-0.39, 0.29) is 28.6 Å². The molecule has 0 radical (unpaired) electrons. The summed E-state index contributed by atoms with van der Waals surface area (Å²) in [5.41, 5.74) is 5.35.